The highest BCUT2D eigenvalue weighted by Crippen LogP contribution is 2.53. The lowest BCUT2D eigenvalue weighted by Crippen LogP contribution is -2.58. The zero-order valence-electron chi connectivity index (χ0n) is 39.2. The fraction of sp³-hybridized carbons (Fsp3) is 0.456. The van der Waals surface area contributed by atoms with Crippen molar-refractivity contribution in [3.63, 3.8) is 0 Å². The van der Waals surface area contributed by atoms with Crippen LogP contribution in [0.25, 0.3) is 11.0 Å². The molecule has 11 nitrogen and oxygen atoms in total. The molecule has 0 amide bonds. The van der Waals surface area contributed by atoms with E-state index >= 15 is 4.79 Å². The molecule has 0 radical (unpaired) electrons. The van der Waals surface area contributed by atoms with Crippen LogP contribution in [0.3, 0.4) is 0 Å². The summed E-state index contributed by atoms with van der Waals surface area (Å²) < 4.78 is 32.1. The van der Waals surface area contributed by atoms with Crippen LogP contribution in [-0.4, -0.2) is 65.6 Å². The van der Waals surface area contributed by atoms with E-state index in [1.165, 1.54) is 16.7 Å². The Kier molecular flexibility index (Phi) is 14.6. The maximum absolute atomic E-state index is 15.1. The first-order valence-electron chi connectivity index (χ1n) is 24.6. The molecule has 7 unspecified atom stereocenters. The Balaban J connectivity index is 1.15. The summed E-state index contributed by atoms with van der Waals surface area (Å²) in [5.74, 6) is -1.15. The van der Waals surface area contributed by atoms with Crippen LogP contribution in [-0.2, 0) is 36.6 Å². The summed E-state index contributed by atoms with van der Waals surface area (Å²) in [6.45, 7) is 2.53. The second-order valence-electron chi connectivity index (χ2n) is 19.7. The Morgan fingerprint density at radius 2 is 1.60 bits per heavy atom. The molecule has 68 heavy (non-hydrogen) atoms. The maximum atomic E-state index is 15.1. The fourth-order valence-corrected chi connectivity index (χ4v) is 11.8. The summed E-state index contributed by atoms with van der Waals surface area (Å²) in [6.07, 6.45) is 5.71. The number of rotatable bonds is 11. The molecule has 10 rings (SSSR count). The topological polar surface area (TPSA) is 162 Å². The zero-order valence-corrected chi connectivity index (χ0v) is 39.2. The summed E-state index contributed by atoms with van der Waals surface area (Å²) >= 11 is 0. The summed E-state index contributed by atoms with van der Waals surface area (Å²) in [6, 6.07) is 33.1. The van der Waals surface area contributed by atoms with Gasteiger partial charge in [0.25, 0.3) is 0 Å². The van der Waals surface area contributed by atoms with Crippen molar-refractivity contribution in [2.24, 2.45) is 11.8 Å². The molecular weight excluding hydrogens is 861 g/mol. The molecule has 4 heterocycles. The van der Waals surface area contributed by atoms with E-state index in [1.54, 1.807) is 25.1 Å². The van der Waals surface area contributed by atoms with E-state index in [0.29, 0.717) is 40.7 Å². The number of hydrogen-bond donors (Lipinski definition) is 3. The number of hydrogen-bond acceptors (Lipinski definition) is 11. The van der Waals surface area contributed by atoms with Gasteiger partial charge in [-0.2, -0.15) is 0 Å². The Morgan fingerprint density at radius 1 is 0.824 bits per heavy atom. The van der Waals surface area contributed by atoms with Gasteiger partial charge in [-0.25, -0.2) is 9.59 Å². The van der Waals surface area contributed by atoms with Crippen LogP contribution >= 0.6 is 0 Å². The summed E-state index contributed by atoms with van der Waals surface area (Å²) in [4.78, 5) is 43.9. The minimum atomic E-state index is -1.24. The summed E-state index contributed by atoms with van der Waals surface area (Å²) in [5, 5.41) is 30.3. The van der Waals surface area contributed by atoms with Crippen molar-refractivity contribution in [3.05, 3.63) is 158 Å². The predicted octanol–water partition coefficient (Wildman–Crippen LogP) is 9.67. The van der Waals surface area contributed by atoms with Gasteiger partial charge in [0, 0.05) is 41.4 Å². The molecule has 1 aromatic heterocycles. The van der Waals surface area contributed by atoms with Gasteiger partial charge < -0.3 is 38.7 Å². The molecule has 2 saturated carbocycles. The van der Waals surface area contributed by atoms with E-state index in [1.807, 2.05) is 13.0 Å². The molecule has 5 aromatic rings. The van der Waals surface area contributed by atoms with Crippen LogP contribution in [0.1, 0.15) is 141 Å². The molecule has 3 N–H and O–H groups in total. The van der Waals surface area contributed by atoms with Crippen molar-refractivity contribution >= 4 is 22.9 Å². The van der Waals surface area contributed by atoms with Crippen molar-refractivity contribution in [1.29, 1.82) is 0 Å². The zero-order chi connectivity index (χ0) is 47.4. The molecule has 358 valence electrons. The average molecular weight is 925 g/mol. The van der Waals surface area contributed by atoms with Crippen LogP contribution in [0.2, 0.25) is 0 Å². The monoisotopic (exact) mass is 924 g/mol. The lowest BCUT2D eigenvalue weighted by atomic mass is 9.68. The average Bonchev–Trinajstić information content (AvgIpc) is 3.91. The van der Waals surface area contributed by atoms with E-state index < -0.39 is 48.1 Å². The molecule has 0 saturated heterocycles. The predicted molar refractivity (Wildman–Crippen MR) is 257 cm³/mol. The molecule has 7 atom stereocenters. The number of benzene rings is 4. The largest absolute Gasteiger partial charge is 0.483 e. The van der Waals surface area contributed by atoms with E-state index in [9.17, 15) is 24.9 Å². The normalized spacial score (nSPS) is 25.7. The van der Waals surface area contributed by atoms with Crippen molar-refractivity contribution in [3.8, 4) is 5.75 Å². The number of aryl methyl sites for hydroxylation is 1. The lowest BCUT2D eigenvalue weighted by Gasteiger charge is -2.48. The third-order valence-electron chi connectivity index (χ3n) is 15.5. The first kappa shape index (κ1) is 47.5. The molecule has 5 aliphatic rings. The molecule has 0 spiro atoms. The van der Waals surface area contributed by atoms with Gasteiger partial charge in [-0.1, -0.05) is 91.7 Å². The fourth-order valence-electron chi connectivity index (χ4n) is 11.8. The first-order valence-corrected chi connectivity index (χ1v) is 24.6. The number of carbonyl (C=O) groups excluding carboxylic acids is 2. The second-order valence-corrected chi connectivity index (χ2v) is 19.7. The molecule has 2 fully saturated rings. The van der Waals surface area contributed by atoms with Gasteiger partial charge in [0.2, 0.25) is 0 Å². The smallest absolute Gasteiger partial charge is 0.339 e. The molecule has 11 heteroatoms. The van der Waals surface area contributed by atoms with Crippen LogP contribution < -0.4 is 10.4 Å². The molecule has 3 aliphatic heterocycles. The highest BCUT2D eigenvalue weighted by atomic mass is 16.6. The summed E-state index contributed by atoms with van der Waals surface area (Å²) in [7, 11) is 0. The van der Waals surface area contributed by atoms with Gasteiger partial charge in [-0.05, 0) is 141 Å². The Hall–Kier alpha value is -5.59. The van der Waals surface area contributed by atoms with Gasteiger partial charge in [-0.15, -0.1) is 0 Å². The SMILES string of the molecule is CC(CO)=C1CCc2ccc(cc2)C2CCC(c3cccc(Cc4ccccc4)c3)CC2CC(=O)OC2c3c(ccc4cc(C(CCO)COCO)c(=O)oc34)OC(C)(C3CCCC3)C2OC1=O. The molecule has 2 bridgehead atoms. The standard InChI is InChI=1S/C57H64O11/c1-35(32-59)46-22-17-36-15-18-39(19-16-36)47-23-20-41(40-12-8-11-38(28-40)27-37-9-4-3-5-10-37)29-44(47)31-50(61)65-53-51-49(68-57(2,45-13-6-7-14-45)54(53)67-55(46)62)24-21-42-30-48(56(63)66-52(42)51)43(25-26-58)33-64-34-60/h3-5,8-12,15-16,18-19,21,24,28,30,41,43-45,47,53-54,58-60H,6-7,13-14,17,20,22-23,25-27,29,31-34H2,1-2H3. The second kappa shape index (κ2) is 21.0. The third-order valence-corrected chi connectivity index (χ3v) is 15.5. The molecular formula is C57H64O11. The van der Waals surface area contributed by atoms with Crippen molar-refractivity contribution < 1.29 is 48.3 Å². The first-order chi connectivity index (χ1) is 33.1. The lowest BCUT2D eigenvalue weighted by molar-refractivity contribution is -0.199. The summed E-state index contributed by atoms with van der Waals surface area (Å²) in [5.41, 5.74) is 5.64. The maximum Gasteiger partial charge on any atom is 0.339 e. The number of aliphatic hydroxyl groups excluding tert-OH is 3. The van der Waals surface area contributed by atoms with E-state index in [-0.39, 0.29) is 67.5 Å². The van der Waals surface area contributed by atoms with E-state index in [0.717, 1.165) is 62.5 Å². The van der Waals surface area contributed by atoms with Crippen molar-refractivity contribution in [2.45, 2.75) is 126 Å². The van der Waals surface area contributed by atoms with Crippen LogP contribution in [0.5, 0.6) is 5.75 Å². The number of fused-ring (bicyclic) bond motifs is 11. The molecule has 2 aliphatic carbocycles. The van der Waals surface area contributed by atoms with Crippen molar-refractivity contribution in [2.75, 3.05) is 26.6 Å². The highest BCUT2D eigenvalue weighted by Gasteiger charge is 2.57. The quantitative estimate of drug-likeness (QED) is 0.0501. The Morgan fingerprint density at radius 3 is 2.35 bits per heavy atom. The van der Waals surface area contributed by atoms with Crippen LogP contribution in [0, 0.1) is 11.8 Å². The number of aliphatic hydroxyl groups is 3. The number of esters is 2. The van der Waals surface area contributed by atoms with Gasteiger partial charge in [0.15, 0.2) is 12.2 Å². The number of carbonyl (C=O) groups is 2. The minimum Gasteiger partial charge on any atom is -0.483 e. The minimum absolute atomic E-state index is 0.0192. The highest BCUT2D eigenvalue weighted by molar-refractivity contribution is 5.90. The number of ether oxygens (including phenoxy) is 4. The molecule has 4 aromatic carbocycles. The van der Waals surface area contributed by atoms with Gasteiger partial charge in [0.05, 0.1) is 18.8 Å². The third kappa shape index (κ3) is 9.95. The van der Waals surface area contributed by atoms with E-state index in [4.69, 9.17) is 23.4 Å². The van der Waals surface area contributed by atoms with Crippen LogP contribution in [0.4, 0.5) is 0 Å². The van der Waals surface area contributed by atoms with Gasteiger partial charge in [-0.3, -0.25) is 4.79 Å². The Labute approximate surface area is 398 Å². The Bertz CT molecular complexity index is 2660. The van der Waals surface area contributed by atoms with Gasteiger partial charge in [0.1, 0.15) is 23.7 Å². The van der Waals surface area contributed by atoms with Crippen LogP contribution in [0.15, 0.2) is 117 Å². The van der Waals surface area contributed by atoms with E-state index in [2.05, 4.69) is 72.8 Å². The van der Waals surface area contributed by atoms with Gasteiger partial charge >= 0.3 is 17.6 Å². The van der Waals surface area contributed by atoms with Crippen molar-refractivity contribution in [1.82, 2.24) is 0 Å².